The molecule has 1 nitrogen and oxygen atoms in total. The molecule has 1 aromatic heterocycles. The van der Waals surface area contributed by atoms with Crippen LogP contribution in [0.15, 0.2) is 15.9 Å². The zero-order valence-corrected chi connectivity index (χ0v) is 9.04. The van der Waals surface area contributed by atoms with Gasteiger partial charge in [-0.1, -0.05) is 15.9 Å². The molecule has 0 saturated carbocycles. The molecule has 10 heavy (non-hydrogen) atoms. The number of thiophene rings is 1. The van der Waals surface area contributed by atoms with Crippen LogP contribution in [-0.4, -0.2) is 10.4 Å². The number of aliphatic hydroxyl groups excluding tert-OH is 1. The van der Waals surface area contributed by atoms with Crippen LogP contribution in [0.5, 0.6) is 0 Å². The van der Waals surface area contributed by atoms with Crippen molar-refractivity contribution in [3.8, 4) is 0 Å². The van der Waals surface area contributed by atoms with Gasteiger partial charge in [0, 0.05) is 10.2 Å². The van der Waals surface area contributed by atoms with Crippen LogP contribution in [0.1, 0.15) is 11.0 Å². The van der Waals surface area contributed by atoms with E-state index in [4.69, 9.17) is 0 Å². The highest BCUT2D eigenvalue weighted by Crippen LogP contribution is 2.27. The molecule has 0 unspecified atom stereocenters. The van der Waals surface area contributed by atoms with Gasteiger partial charge < -0.3 is 5.11 Å². The number of rotatable bonds is 2. The van der Waals surface area contributed by atoms with Crippen LogP contribution in [0.3, 0.4) is 0 Å². The first-order valence-electron chi connectivity index (χ1n) is 2.73. The molecule has 0 spiro atoms. The van der Waals surface area contributed by atoms with Crippen LogP contribution in [-0.2, 0) is 0 Å². The zero-order chi connectivity index (χ0) is 7.56. The molecule has 1 aromatic rings. The fraction of sp³-hybridized carbons (Fsp3) is 0.333. The molecular weight excluding hydrogens is 280 g/mol. The predicted molar refractivity (Wildman–Crippen MR) is 50.8 cm³/mol. The SMILES string of the molecule is O[C@H](CBr)c1ccc(Br)s1. The third-order valence-electron chi connectivity index (χ3n) is 1.07. The first-order chi connectivity index (χ1) is 4.74. The second-order valence-corrected chi connectivity index (χ2v) is 4.95. The van der Waals surface area contributed by atoms with E-state index in [0.29, 0.717) is 5.33 Å². The maximum atomic E-state index is 9.29. The van der Waals surface area contributed by atoms with Crippen molar-refractivity contribution < 1.29 is 5.11 Å². The van der Waals surface area contributed by atoms with E-state index in [1.54, 1.807) is 11.3 Å². The molecule has 0 bridgehead atoms. The summed E-state index contributed by atoms with van der Waals surface area (Å²) >= 11 is 8.08. The Balaban J connectivity index is 2.74. The largest absolute Gasteiger partial charge is 0.387 e. The summed E-state index contributed by atoms with van der Waals surface area (Å²) < 4.78 is 1.06. The average molecular weight is 286 g/mol. The number of halogens is 2. The summed E-state index contributed by atoms with van der Waals surface area (Å²) in [6.45, 7) is 0. The Morgan fingerprint density at radius 1 is 1.60 bits per heavy atom. The van der Waals surface area contributed by atoms with Gasteiger partial charge in [-0.05, 0) is 28.1 Å². The molecule has 0 saturated heterocycles. The van der Waals surface area contributed by atoms with Gasteiger partial charge in [0.2, 0.25) is 0 Å². The van der Waals surface area contributed by atoms with Gasteiger partial charge in [-0.15, -0.1) is 11.3 Å². The minimum Gasteiger partial charge on any atom is -0.387 e. The molecule has 1 heterocycles. The highest BCUT2D eigenvalue weighted by atomic mass is 79.9. The molecule has 0 fully saturated rings. The topological polar surface area (TPSA) is 20.2 Å². The molecule has 1 N–H and O–H groups in total. The van der Waals surface area contributed by atoms with Crippen molar-refractivity contribution in [2.75, 3.05) is 5.33 Å². The lowest BCUT2D eigenvalue weighted by molar-refractivity contribution is 0.209. The molecule has 0 aliphatic rings. The monoisotopic (exact) mass is 284 g/mol. The van der Waals surface area contributed by atoms with E-state index >= 15 is 0 Å². The smallest absolute Gasteiger partial charge is 0.0978 e. The lowest BCUT2D eigenvalue weighted by Gasteiger charge is -2.00. The Morgan fingerprint density at radius 3 is 2.70 bits per heavy atom. The van der Waals surface area contributed by atoms with Crippen molar-refractivity contribution in [1.29, 1.82) is 0 Å². The quantitative estimate of drug-likeness (QED) is 0.829. The third kappa shape index (κ3) is 2.05. The molecule has 1 rings (SSSR count). The Kier molecular flexibility index (Phi) is 3.36. The Bertz CT molecular complexity index is 211. The van der Waals surface area contributed by atoms with E-state index in [2.05, 4.69) is 31.9 Å². The minimum absolute atomic E-state index is 0.365. The normalized spacial score (nSPS) is 13.5. The Labute approximate surface area is 80.3 Å². The van der Waals surface area contributed by atoms with Crippen molar-refractivity contribution in [2.45, 2.75) is 6.10 Å². The van der Waals surface area contributed by atoms with E-state index in [1.807, 2.05) is 12.1 Å². The zero-order valence-electron chi connectivity index (χ0n) is 5.05. The number of aliphatic hydroxyl groups is 1. The maximum absolute atomic E-state index is 9.29. The second-order valence-electron chi connectivity index (χ2n) is 1.81. The summed E-state index contributed by atoms with van der Waals surface area (Å²) in [5, 5.41) is 9.88. The fourth-order valence-corrected chi connectivity index (χ4v) is 2.56. The standard InChI is InChI=1S/C6H6Br2OS/c7-3-4(9)5-1-2-6(8)10-5/h1-2,4,9H,3H2/t4-/m1/s1. The van der Waals surface area contributed by atoms with Gasteiger partial charge >= 0.3 is 0 Å². The molecule has 0 amide bonds. The summed E-state index contributed by atoms with van der Waals surface area (Å²) in [6.07, 6.45) is -0.365. The summed E-state index contributed by atoms with van der Waals surface area (Å²) in [5.74, 6) is 0. The van der Waals surface area contributed by atoms with Crippen LogP contribution in [0.4, 0.5) is 0 Å². The molecular formula is C6H6Br2OS. The van der Waals surface area contributed by atoms with E-state index in [0.717, 1.165) is 8.66 Å². The number of alkyl halides is 1. The third-order valence-corrected chi connectivity index (χ3v) is 3.41. The minimum atomic E-state index is -0.365. The van der Waals surface area contributed by atoms with E-state index < -0.39 is 0 Å². The summed E-state index contributed by atoms with van der Waals surface area (Å²) in [7, 11) is 0. The van der Waals surface area contributed by atoms with Gasteiger partial charge in [0.15, 0.2) is 0 Å². The molecule has 0 aliphatic heterocycles. The summed E-state index contributed by atoms with van der Waals surface area (Å²) in [5.41, 5.74) is 0. The molecule has 0 aliphatic carbocycles. The molecule has 56 valence electrons. The maximum Gasteiger partial charge on any atom is 0.0978 e. The first-order valence-corrected chi connectivity index (χ1v) is 5.46. The average Bonchev–Trinajstić information content (AvgIpc) is 2.34. The van der Waals surface area contributed by atoms with Crippen LogP contribution in [0.25, 0.3) is 0 Å². The Hall–Kier alpha value is 0.620. The van der Waals surface area contributed by atoms with Gasteiger partial charge in [-0.3, -0.25) is 0 Å². The molecule has 4 heteroatoms. The highest BCUT2D eigenvalue weighted by Gasteiger charge is 2.06. The molecule has 1 atom stereocenters. The van der Waals surface area contributed by atoms with Crippen molar-refractivity contribution in [1.82, 2.24) is 0 Å². The van der Waals surface area contributed by atoms with Crippen molar-refractivity contribution in [2.24, 2.45) is 0 Å². The van der Waals surface area contributed by atoms with Gasteiger partial charge in [-0.25, -0.2) is 0 Å². The lowest BCUT2D eigenvalue weighted by Crippen LogP contribution is -1.93. The van der Waals surface area contributed by atoms with E-state index in [1.165, 1.54) is 0 Å². The van der Waals surface area contributed by atoms with Crippen molar-refractivity contribution in [3.05, 3.63) is 20.8 Å². The molecule has 0 aromatic carbocycles. The summed E-state index contributed by atoms with van der Waals surface area (Å²) in [4.78, 5) is 0.990. The van der Waals surface area contributed by atoms with Crippen LogP contribution >= 0.6 is 43.2 Å². The van der Waals surface area contributed by atoms with Gasteiger partial charge in [0.25, 0.3) is 0 Å². The van der Waals surface area contributed by atoms with Crippen LogP contribution < -0.4 is 0 Å². The van der Waals surface area contributed by atoms with Crippen molar-refractivity contribution >= 4 is 43.2 Å². The highest BCUT2D eigenvalue weighted by molar-refractivity contribution is 9.11. The van der Waals surface area contributed by atoms with Gasteiger partial charge in [0.1, 0.15) is 0 Å². The Morgan fingerprint density at radius 2 is 2.30 bits per heavy atom. The van der Waals surface area contributed by atoms with Crippen LogP contribution in [0, 0.1) is 0 Å². The van der Waals surface area contributed by atoms with Gasteiger partial charge in [-0.2, -0.15) is 0 Å². The predicted octanol–water partition coefficient (Wildman–Crippen LogP) is 2.94. The van der Waals surface area contributed by atoms with Gasteiger partial charge in [0.05, 0.1) is 9.89 Å². The van der Waals surface area contributed by atoms with E-state index in [9.17, 15) is 5.11 Å². The molecule has 0 radical (unpaired) electrons. The lowest BCUT2D eigenvalue weighted by atomic mass is 10.3. The fourth-order valence-electron chi connectivity index (χ4n) is 0.583. The number of hydrogen-bond donors (Lipinski definition) is 1. The van der Waals surface area contributed by atoms with Crippen LogP contribution in [0.2, 0.25) is 0 Å². The first kappa shape index (κ1) is 8.71. The second kappa shape index (κ2) is 3.85. The summed E-state index contributed by atoms with van der Waals surface area (Å²) in [6, 6.07) is 3.85. The number of hydrogen-bond acceptors (Lipinski definition) is 2. The van der Waals surface area contributed by atoms with Crippen molar-refractivity contribution in [3.63, 3.8) is 0 Å². The van der Waals surface area contributed by atoms with E-state index in [-0.39, 0.29) is 6.10 Å².